The summed E-state index contributed by atoms with van der Waals surface area (Å²) in [5, 5.41) is 21.1. The molecule has 3 aromatic rings. The first kappa shape index (κ1) is 23.6. The van der Waals surface area contributed by atoms with E-state index in [1.165, 1.54) is 0 Å². The molecule has 0 saturated heterocycles. The number of hydrogen-bond donors (Lipinski definition) is 2. The summed E-state index contributed by atoms with van der Waals surface area (Å²) in [6.45, 7) is 4.46. The molecule has 0 unspecified atom stereocenters. The van der Waals surface area contributed by atoms with Gasteiger partial charge in [-0.25, -0.2) is 19.6 Å². The highest BCUT2D eigenvalue weighted by Crippen LogP contribution is 2.30. The fourth-order valence-corrected chi connectivity index (χ4v) is 4.27. The Balaban J connectivity index is 1.47. The SMILES string of the molecule is CCCc1ccnc(NCc2c(-c3ccc(O[C@H]4CCC[C@H](C(=O)O)C4)c(C)n3)nnn2C)n1. The van der Waals surface area contributed by atoms with Gasteiger partial charge in [-0.3, -0.25) is 4.79 Å². The van der Waals surface area contributed by atoms with Gasteiger partial charge in [-0.2, -0.15) is 0 Å². The van der Waals surface area contributed by atoms with Crippen molar-refractivity contribution in [2.24, 2.45) is 13.0 Å². The third-order valence-electron chi connectivity index (χ3n) is 6.13. The average molecular weight is 466 g/mol. The summed E-state index contributed by atoms with van der Waals surface area (Å²) in [5.74, 6) is 0.153. The molecule has 0 aromatic carbocycles. The Morgan fingerprint density at radius 1 is 1.26 bits per heavy atom. The summed E-state index contributed by atoms with van der Waals surface area (Å²) in [6, 6.07) is 5.67. The third-order valence-corrected chi connectivity index (χ3v) is 6.13. The van der Waals surface area contributed by atoms with Crippen molar-refractivity contribution in [3.8, 4) is 17.1 Å². The molecule has 1 saturated carbocycles. The van der Waals surface area contributed by atoms with Crippen LogP contribution in [0.25, 0.3) is 11.4 Å². The number of carbonyl (C=O) groups is 1. The first-order valence-electron chi connectivity index (χ1n) is 11.8. The first-order chi connectivity index (χ1) is 16.4. The van der Waals surface area contributed by atoms with Crippen molar-refractivity contribution in [3.05, 3.63) is 41.5 Å². The standard InChI is InChI=1S/C24H31N7O3/c1-4-6-17-11-12-25-24(28-17)26-14-20-22(29-30-31(20)3)19-9-10-21(15(2)27-19)34-18-8-5-7-16(13-18)23(32)33/h9-12,16,18H,4-8,13-14H2,1-3H3,(H,32,33)(H,25,26,28)/t16-,18-/m0/s1. The van der Waals surface area contributed by atoms with Gasteiger partial charge in [-0.1, -0.05) is 18.6 Å². The average Bonchev–Trinajstić information content (AvgIpc) is 3.20. The monoisotopic (exact) mass is 465 g/mol. The molecule has 10 nitrogen and oxygen atoms in total. The second-order valence-electron chi connectivity index (χ2n) is 8.71. The molecule has 1 aliphatic carbocycles. The van der Waals surface area contributed by atoms with Gasteiger partial charge in [0.15, 0.2) is 0 Å². The van der Waals surface area contributed by atoms with Gasteiger partial charge in [0.05, 0.1) is 35.6 Å². The number of pyridine rings is 1. The molecule has 0 spiro atoms. The van der Waals surface area contributed by atoms with E-state index in [1.54, 1.807) is 10.9 Å². The van der Waals surface area contributed by atoms with Gasteiger partial charge in [-0.15, -0.1) is 5.10 Å². The number of aryl methyl sites for hydroxylation is 3. The number of aromatic nitrogens is 6. The van der Waals surface area contributed by atoms with Crippen LogP contribution in [-0.4, -0.2) is 47.1 Å². The summed E-state index contributed by atoms with van der Waals surface area (Å²) in [7, 11) is 1.84. The molecule has 0 amide bonds. The number of anilines is 1. The fraction of sp³-hybridized carbons (Fsp3) is 0.500. The van der Waals surface area contributed by atoms with E-state index >= 15 is 0 Å². The number of nitrogens with zero attached hydrogens (tertiary/aromatic N) is 6. The Bertz CT molecular complexity index is 1150. The molecule has 3 heterocycles. The highest BCUT2D eigenvalue weighted by Gasteiger charge is 2.28. The van der Waals surface area contributed by atoms with Crippen LogP contribution in [0, 0.1) is 12.8 Å². The second kappa shape index (κ2) is 10.6. The minimum atomic E-state index is -0.746. The lowest BCUT2D eigenvalue weighted by Gasteiger charge is -2.27. The van der Waals surface area contributed by atoms with E-state index in [4.69, 9.17) is 9.72 Å². The minimum absolute atomic E-state index is 0.110. The molecule has 0 aliphatic heterocycles. The molecule has 34 heavy (non-hydrogen) atoms. The van der Waals surface area contributed by atoms with E-state index < -0.39 is 5.97 Å². The molecule has 0 radical (unpaired) electrons. The summed E-state index contributed by atoms with van der Waals surface area (Å²) in [6.07, 6.45) is 6.53. The quantitative estimate of drug-likeness (QED) is 0.487. The maximum absolute atomic E-state index is 11.3. The van der Waals surface area contributed by atoms with Gasteiger partial charge < -0.3 is 15.2 Å². The van der Waals surface area contributed by atoms with Gasteiger partial charge in [0.2, 0.25) is 5.95 Å². The zero-order valence-corrected chi connectivity index (χ0v) is 19.9. The van der Waals surface area contributed by atoms with Crippen LogP contribution in [0.15, 0.2) is 24.4 Å². The maximum Gasteiger partial charge on any atom is 0.306 e. The van der Waals surface area contributed by atoms with Crippen LogP contribution in [0.4, 0.5) is 5.95 Å². The smallest absolute Gasteiger partial charge is 0.306 e. The maximum atomic E-state index is 11.3. The Morgan fingerprint density at radius 2 is 2.12 bits per heavy atom. The largest absolute Gasteiger partial charge is 0.489 e. The van der Waals surface area contributed by atoms with E-state index in [1.807, 2.05) is 32.2 Å². The van der Waals surface area contributed by atoms with Crippen molar-refractivity contribution in [2.45, 2.75) is 65.0 Å². The molecule has 4 rings (SSSR count). The molecular formula is C24H31N7O3. The minimum Gasteiger partial charge on any atom is -0.489 e. The van der Waals surface area contributed by atoms with Crippen molar-refractivity contribution in [1.82, 2.24) is 29.9 Å². The molecule has 2 N–H and O–H groups in total. The topological polar surface area (TPSA) is 128 Å². The summed E-state index contributed by atoms with van der Waals surface area (Å²) in [5.41, 5.74) is 3.97. The number of carboxylic acid groups (broad SMARTS) is 1. The van der Waals surface area contributed by atoms with Crippen molar-refractivity contribution >= 4 is 11.9 Å². The zero-order chi connectivity index (χ0) is 24.1. The highest BCUT2D eigenvalue weighted by molar-refractivity contribution is 5.70. The van der Waals surface area contributed by atoms with Gasteiger partial charge in [0.1, 0.15) is 11.4 Å². The molecule has 1 aliphatic rings. The summed E-state index contributed by atoms with van der Waals surface area (Å²) < 4.78 is 7.85. The van der Waals surface area contributed by atoms with E-state index in [2.05, 4.69) is 32.5 Å². The molecule has 180 valence electrons. The Kier molecular flexibility index (Phi) is 7.34. The van der Waals surface area contributed by atoms with Crippen molar-refractivity contribution < 1.29 is 14.6 Å². The normalized spacial score (nSPS) is 18.0. The number of hydrogen-bond acceptors (Lipinski definition) is 8. The van der Waals surface area contributed by atoms with Gasteiger partial charge in [-0.05, 0) is 57.2 Å². The van der Waals surface area contributed by atoms with Crippen LogP contribution < -0.4 is 10.1 Å². The van der Waals surface area contributed by atoms with Crippen LogP contribution in [0.3, 0.4) is 0 Å². The highest BCUT2D eigenvalue weighted by atomic mass is 16.5. The third kappa shape index (κ3) is 5.49. The Morgan fingerprint density at radius 3 is 2.88 bits per heavy atom. The molecule has 0 bridgehead atoms. The van der Waals surface area contributed by atoms with Gasteiger partial charge in [0.25, 0.3) is 0 Å². The molecule has 3 aromatic heterocycles. The van der Waals surface area contributed by atoms with Crippen molar-refractivity contribution in [2.75, 3.05) is 5.32 Å². The lowest BCUT2D eigenvalue weighted by molar-refractivity contribution is -0.143. The van der Waals surface area contributed by atoms with E-state index in [-0.39, 0.29) is 12.0 Å². The van der Waals surface area contributed by atoms with Crippen LogP contribution in [-0.2, 0) is 24.8 Å². The predicted octanol–water partition coefficient (Wildman–Crippen LogP) is 3.56. The number of nitrogens with one attached hydrogen (secondary N) is 1. The number of rotatable bonds is 9. The Labute approximate surface area is 198 Å². The zero-order valence-electron chi connectivity index (χ0n) is 19.9. The van der Waals surface area contributed by atoms with Crippen LogP contribution in [0.1, 0.15) is 56.1 Å². The van der Waals surface area contributed by atoms with Crippen molar-refractivity contribution in [1.29, 1.82) is 0 Å². The lowest BCUT2D eigenvalue weighted by Crippen LogP contribution is -2.29. The number of carboxylic acids is 1. The fourth-order valence-electron chi connectivity index (χ4n) is 4.27. The molecular weight excluding hydrogens is 434 g/mol. The summed E-state index contributed by atoms with van der Waals surface area (Å²) in [4.78, 5) is 24.9. The predicted molar refractivity (Wildman–Crippen MR) is 126 cm³/mol. The van der Waals surface area contributed by atoms with E-state index in [0.717, 1.165) is 42.8 Å². The first-order valence-corrected chi connectivity index (χ1v) is 11.8. The summed E-state index contributed by atoms with van der Waals surface area (Å²) >= 11 is 0. The molecule has 10 heteroatoms. The van der Waals surface area contributed by atoms with Gasteiger partial charge in [0, 0.05) is 18.9 Å². The van der Waals surface area contributed by atoms with Crippen LogP contribution in [0.5, 0.6) is 5.75 Å². The molecule has 2 atom stereocenters. The van der Waals surface area contributed by atoms with Crippen LogP contribution in [0.2, 0.25) is 0 Å². The Hall–Kier alpha value is -3.56. The second-order valence-corrected chi connectivity index (χ2v) is 8.71. The van der Waals surface area contributed by atoms with E-state index in [9.17, 15) is 9.90 Å². The van der Waals surface area contributed by atoms with E-state index in [0.29, 0.717) is 42.5 Å². The lowest BCUT2D eigenvalue weighted by atomic mass is 9.87. The van der Waals surface area contributed by atoms with Crippen molar-refractivity contribution in [3.63, 3.8) is 0 Å². The number of ether oxygens (including phenoxy) is 1. The van der Waals surface area contributed by atoms with Gasteiger partial charge >= 0.3 is 5.97 Å². The number of aliphatic carboxylic acids is 1. The molecule has 1 fully saturated rings. The van der Waals surface area contributed by atoms with Crippen LogP contribution >= 0.6 is 0 Å².